The van der Waals surface area contributed by atoms with Gasteiger partial charge in [0.05, 0.1) is 5.51 Å². The summed E-state index contributed by atoms with van der Waals surface area (Å²) in [4.78, 5) is 36.5. The molecule has 0 radical (unpaired) electrons. The van der Waals surface area contributed by atoms with Crippen LogP contribution < -0.4 is 11.2 Å². The highest BCUT2D eigenvalue weighted by atomic mass is 32.1. The lowest BCUT2D eigenvalue weighted by Gasteiger charge is -2.08. The van der Waals surface area contributed by atoms with Crippen LogP contribution in [0.4, 0.5) is 0 Å². The molecule has 4 rings (SSSR count). The number of nitrogens with one attached hydrogen (secondary N) is 1. The first-order chi connectivity index (χ1) is 13.2. The summed E-state index contributed by atoms with van der Waals surface area (Å²) >= 11 is 1.47. The number of unbranched alkanes of at least 4 members (excludes halogenated alkanes) is 1. The number of aryl methyl sites for hydroxylation is 1. The highest BCUT2D eigenvalue weighted by Gasteiger charge is 2.20. The monoisotopic (exact) mass is 381 g/mol. The van der Waals surface area contributed by atoms with E-state index in [2.05, 4.69) is 21.9 Å². The highest BCUT2D eigenvalue weighted by molar-refractivity contribution is 7.07. The summed E-state index contributed by atoms with van der Waals surface area (Å²) in [5, 5.41) is 1.89. The average molecular weight is 381 g/mol. The van der Waals surface area contributed by atoms with Gasteiger partial charge in [0, 0.05) is 18.5 Å². The molecular formula is C19H19N5O2S. The third-order valence-electron chi connectivity index (χ3n) is 4.47. The molecule has 0 amide bonds. The molecule has 0 aliphatic heterocycles. The minimum absolute atomic E-state index is 0.401. The summed E-state index contributed by atoms with van der Waals surface area (Å²) in [5.74, 6) is 0.594. The van der Waals surface area contributed by atoms with Crippen molar-refractivity contribution in [3.05, 3.63) is 67.6 Å². The van der Waals surface area contributed by atoms with Gasteiger partial charge in [-0.3, -0.25) is 14.3 Å². The fraction of sp³-hybridized carbons (Fsp3) is 0.263. The molecule has 0 unspecified atom stereocenters. The Morgan fingerprint density at radius 1 is 1.15 bits per heavy atom. The van der Waals surface area contributed by atoms with Crippen LogP contribution in [0, 0.1) is 0 Å². The number of hydrogen-bond acceptors (Lipinski definition) is 5. The van der Waals surface area contributed by atoms with Crippen LogP contribution in [-0.2, 0) is 13.1 Å². The minimum atomic E-state index is -0.423. The van der Waals surface area contributed by atoms with Gasteiger partial charge in [0.1, 0.15) is 5.69 Å². The van der Waals surface area contributed by atoms with Crippen molar-refractivity contribution < 1.29 is 0 Å². The van der Waals surface area contributed by atoms with Crippen molar-refractivity contribution in [3.8, 4) is 11.5 Å². The molecule has 0 aliphatic carbocycles. The van der Waals surface area contributed by atoms with E-state index in [1.165, 1.54) is 11.3 Å². The number of fused-ring (bicyclic) bond motifs is 1. The van der Waals surface area contributed by atoms with Crippen molar-refractivity contribution in [1.82, 2.24) is 24.1 Å². The largest absolute Gasteiger partial charge is 0.330 e. The van der Waals surface area contributed by atoms with E-state index in [-0.39, 0.29) is 0 Å². The highest BCUT2D eigenvalue weighted by Crippen LogP contribution is 2.23. The predicted octanol–water partition coefficient (Wildman–Crippen LogP) is 2.86. The summed E-state index contributed by atoms with van der Waals surface area (Å²) < 4.78 is 3.40. The lowest BCUT2D eigenvalue weighted by Crippen LogP contribution is -2.31. The lowest BCUT2D eigenvalue weighted by molar-refractivity contribution is 0.613. The van der Waals surface area contributed by atoms with Crippen molar-refractivity contribution in [2.75, 3.05) is 0 Å². The molecule has 0 bridgehead atoms. The average Bonchev–Trinajstić information content (AvgIpc) is 3.31. The molecule has 0 aliphatic rings. The normalized spacial score (nSPS) is 11.3. The van der Waals surface area contributed by atoms with E-state index < -0.39 is 11.2 Å². The first-order valence-corrected chi connectivity index (χ1v) is 9.79. The molecule has 1 N–H and O–H groups in total. The number of benzene rings is 1. The Bertz CT molecular complexity index is 1170. The Balaban J connectivity index is 1.99. The van der Waals surface area contributed by atoms with Gasteiger partial charge in [-0.1, -0.05) is 43.7 Å². The van der Waals surface area contributed by atoms with E-state index in [1.54, 1.807) is 10.1 Å². The number of aromatic amines is 1. The minimum Gasteiger partial charge on any atom is -0.312 e. The maximum Gasteiger partial charge on any atom is 0.330 e. The number of hydrogen-bond donors (Lipinski definition) is 1. The zero-order chi connectivity index (χ0) is 18.8. The summed E-state index contributed by atoms with van der Waals surface area (Å²) in [6.07, 6.45) is 1.77. The van der Waals surface area contributed by atoms with Gasteiger partial charge in [0.15, 0.2) is 17.0 Å². The van der Waals surface area contributed by atoms with Crippen LogP contribution >= 0.6 is 11.3 Å². The second kappa shape index (κ2) is 7.32. The van der Waals surface area contributed by atoms with Gasteiger partial charge in [-0.15, -0.1) is 11.3 Å². The summed E-state index contributed by atoms with van der Waals surface area (Å²) in [6.45, 7) is 3.04. The van der Waals surface area contributed by atoms with Gasteiger partial charge in [-0.2, -0.15) is 0 Å². The number of H-pyrrole nitrogens is 1. The van der Waals surface area contributed by atoms with E-state index in [9.17, 15) is 9.59 Å². The van der Waals surface area contributed by atoms with Crippen molar-refractivity contribution in [2.24, 2.45) is 0 Å². The molecule has 3 heterocycles. The van der Waals surface area contributed by atoms with Crippen LogP contribution in [-0.4, -0.2) is 24.1 Å². The van der Waals surface area contributed by atoms with E-state index in [0.29, 0.717) is 35.8 Å². The molecule has 138 valence electrons. The van der Waals surface area contributed by atoms with Crippen molar-refractivity contribution in [3.63, 3.8) is 0 Å². The van der Waals surface area contributed by atoms with Gasteiger partial charge < -0.3 is 4.57 Å². The second-order valence-electron chi connectivity index (χ2n) is 6.32. The second-order valence-corrected chi connectivity index (χ2v) is 7.04. The van der Waals surface area contributed by atoms with E-state index >= 15 is 0 Å². The molecule has 3 aromatic heterocycles. The van der Waals surface area contributed by atoms with Crippen LogP contribution in [0.25, 0.3) is 22.7 Å². The number of aromatic nitrogens is 5. The zero-order valence-electron chi connectivity index (χ0n) is 14.9. The smallest absolute Gasteiger partial charge is 0.312 e. The van der Waals surface area contributed by atoms with Gasteiger partial charge >= 0.3 is 5.69 Å². The quantitative estimate of drug-likeness (QED) is 0.556. The fourth-order valence-corrected chi connectivity index (χ4v) is 3.67. The first kappa shape index (κ1) is 17.4. The molecular weight excluding hydrogens is 362 g/mol. The Morgan fingerprint density at radius 2 is 1.96 bits per heavy atom. The Labute approximate surface area is 159 Å². The summed E-state index contributed by atoms with van der Waals surface area (Å²) in [7, 11) is 0. The van der Waals surface area contributed by atoms with Crippen LogP contribution in [0.2, 0.25) is 0 Å². The molecule has 27 heavy (non-hydrogen) atoms. The summed E-state index contributed by atoms with van der Waals surface area (Å²) in [6, 6.07) is 9.86. The molecule has 4 aromatic rings. The topological polar surface area (TPSA) is 85.6 Å². The number of nitrogens with zero attached hydrogens (tertiary/aromatic N) is 4. The number of thiazole rings is 1. The van der Waals surface area contributed by atoms with Crippen LogP contribution in [0.3, 0.4) is 0 Å². The molecule has 0 atom stereocenters. The standard InChI is InChI=1S/C19H19N5O2S/c1-2-3-9-23-17-15(18(25)22-19(23)26)24(10-13-7-5-4-6-8-13)16(21-17)14-11-27-12-20-14/h4-8,11-12H,2-3,9-10H2,1H3,(H,22,25,26). The van der Waals surface area contributed by atoms with Gasteiger partial charge in [0.2, 0.25) is 0 Å². The first-order valence-electron chi connectivity index (χ1n) is 8.85. The third-order valence-corrected chi connectivity index (χ3v) is 5.05. The van der Waals surface area contributed by atoms with Gasteiger partial charge in [-0.05, 0) is 12.0 Å². The van der Waals surface area contributed by atoms with E-state index in [0.717, 1.165) is 18.4 Å². The zero-order valence-corrected chi connectivity index (χ0v) is 15.7. The van der Waals surface area contributed by atoms with Crippen molar-refractivity contribution in [2.45, 2.75) is 32.9 Å². The van der Waals surface area contributed by atoms with E-state index in [4.69, 9.17) is 0 Å². The maximum absolute atomic E-state index is 12.7. The maximum atomic E-state index is 12.7. The van der Waals surface area contributed by atoms with Crippen molar-refractivity contribution >= 4 is 22.5 Å². The van der Waals surface area contributed by atoms with Gasteiger partial charge in [0.25, 0.3) is 5.56 Å². The SMILES string of the molecule is CCCCn1c(=O)[nH]c(=O)c2c1nc(-c1cscn1)n2Cc1ccccc1. The van der Waals surface area contributed by atoms with Crippen LogP contribution in [0.5, 0.6) is 0 Å². The summed E-state index contributed by atoms with van der Waals surface area (Å²) in [5.41, 5.74) is 3.44. The molecule has 8 heteroatoms. The van der Waals surface area contributed by atoms with Crippen LogP contribution in [0.15, 0.2) is 50.8 Å². The molecule has 0 spiro atoms. The van der Waals surface area contributed by atoms with Crippen LogP contribution in [0.1, 0.15) is 25.3 Å². The molecule has 1 aromatic carbocycles. The Morgan fingerprint density at radius 3 is 2.67 bits per heavy atom. The fourth-order valence-electron chi connectivity index (χ4n) is 3.13. The number of rotatable bonds is 6. The Kier molecular flexibility index (Phi) is 4.72. The molecule has 0 saturated carbocycles. The predicted molar refractivity (Wildman–Crippen MR) is 106 cm³/mol. The van der Waals surface area contributed by atoms with Crippen molar-refractivity contribution in [1.29, 1.82) is 0 Å². The third kappa shape index (κ3) is 3.23. The van der Waals surface area contributed by atoms with E-state index in [1.807, 2.05) is 40.3 Å². The lowest BCUT2D eigenvalue weighted by atomic mass is 10.2. The molecule has 7 nitrogen and oxygen atoms in total. The number of imidazole rings is 1. The molecule has 0 fully saturated rings. The Hall–Kier alpha value is -3.00. The van der Waals surface area contributed by atoms with Gasteiger partial charge in [-0.25, -0.2) is 14.8 Å². The molecule has 0 saturated heterocycles.